The molecule has 2 N–H and O–H groups in total. The third-order valence-corrected chi connectivity index (χ3v) is 2.74. The van der Waals surface area contributed by atoms with E-state index in [2.05, 4.69) is 5.10 Å². The fraction of sp³-hybridized carbons (Fsp3) is 0.750. The lowest BCUT2D eigenvalue weighted by molar-refractivity contribution is 0.00595. The van der Waals surface area contributed by atoms with E-state index in [1.807, 2.05) is 20.8 Å². The Kier molecular flexibility index (Phi) is 4.96. The summed E-state index contributed by atoms with van der Waals surface area (Å²) in [6.07, 6.45) is 1.18. The third-order valence-electron chi connectivity index (χ3n) is 2.74. The first-order valence-corrected chi connectivity index (χ1v) is 6.00. The van der Waals surface area contributed by atoms with Crippen LogP contribution in [0.2, 0.25) is 0 Å². The van der Waals surface area contributed by atoms with Gasteiger partial charge in [0.05, 0.1) is 19.4 Å². The second-order valence-electron chi connectivity index (χ2n) is 4.44. The number of rotatable bonds is 6. The summed E-state index contributed by atoms with van der Waals surface area (Å²) in [5.41, 5.74) is 0.545. The van der Waals surface area contributed by atoms with Crippen molar-refractivity contribution >= 4 is 0 Å². The first-order chi connectivity index (χ1) is 8.02. The molecule has 0 amide bonds. The van der Waals surface area contributed by atoms with Crippen molar-refractivity contribution in [3.05, 3.63) is 11.9 Å². The Labute approximate surface area is 102 Å². The van der Waals surface area contributed by atoms with Gasteiger partial charge in [0.2, 0.25) is 0 Å². The van der Waals surface area contributed by atoms with Gasteiger partial charge in [-0.3, -0.25) is 4.68 Å². The molecule has 1 rings (SSSR count). The summed E-state index contributed by atoms with van der Waals surface area (Å²) in [5, 5.41) is 24.2. The molecule has 0 aliphatic heterocycles. The molecule has 0 bridgehead atoms. The minimum absolute atomic E-state index is 0.109. The van der Waals surface area contributed by atoms with Gasteiger partial charge in [-0.15, -0.1) is 0 Å². The molecule has 2 unspecified atom stereocenters. The maximum Gasteiger partial charge on any atom is 0.162 e. The molecule has 5 nitrogen and oxygen atoms in total. The largest absolute Gasteiger partial charge is 0.493 e. The van der Waals surface area contributed by atoms with Crippen molar-refractivity contribution in [3.63, 3.8) is 0 Å². The van der Waals surface area contributed by atoms with E-state index in [-0.39, 0.29) is 6.04 Å². The Hall–Kier alpha value is -1.07. The molecule has 0 aliphatic carbocycles. The smallest absolute Gasteiger partial charge is 0.162 e. The minimum Gasteiger partial charge on any atom is -0.493 e. The number of methoxy groups -OCH3 is 1. The number of hydrogen-bond acceptors (Lipinski definition) is 4. The molecule has 2 atom stereocenters. The van der Waals surface area contributed by atoms with Gasteiger partial charge in [-0.05, 0) is 20.3 Å². The number of nitrogens with zero attached hydrogens (tertiary/aromatic N) is 2. The topological polar surface area (TPSA) is 67.5 Å². The van der Waals surface area contributed by atoms with Gasteiger partial charge in [-0.2, -0.15) is 5.10 Å². The van der Waals surface area contributed by atoms with Crippen LogP contribution in [0.25, 0.3) is 0 Å². The summed E-state index contributed by atoms with van der Waals surface area (Å²) in [6.45, 7) is 5.90. The minimum atomic E-state index is -0.963. The van der Waals surface area contributed by atoms with E-state index in [0.29, 0.717) is 17.9 Å². The van der Waals surface area contributed by atoms with Gasteiger partial charge in [0.1, 0.15) is 11.8 Å². The maximum absolute atomic E-state index is 10.2. The highest BCUT2D eigenvalue weighted by Gasteiger charge is 2.26. The van der Waals surface area contributed by atoms with Gasteiger partial charge in [0, 0.05) is 6.04 Å². The average molecular weight is 242 g/mol. The molecule has 0 fully saturated rings. The quantitative estimate of drug-likeness (QED) is 0.796. The second kappa shape index (κ2) is 6.02. The van der Waals surface area contributed by atoms with Crippen molar-refractivity contribution < 1.29 is 14.9 Å². The lowest BCUT2D eigenvalue weighted by Crippen LogP contribution is -2.22. The molecule has 1 aromatic rings. The lowest BCUT2D eigenvalue weighted by Gasteiger charge is -2.21. The highest BCUT2D eigenvalue weighted by atomic mass is 16.5. The molecule has 1 aromatic heterocycles. The van der Waals surface area contributed by atoms with E-state index in [4.69, 9.17) is 4.74 Å². The van der Waals surface area contributed by atoms with E-state index >= 15 is 0 Å². The summed E-state index contributed by atoms with van der Waals surface area (Å²) in [7, 11) is 1.53. The van der Waals surface area contributed by atoms with Crippen molar-refractivity contribution in [2.75, 3.05) is 7.11 Å². The molecule has 0 saturated carbocycles. The Morgan fingerprint density at radius 1 is 1.41 bits per heavy atom. The first kappa shape index (κ1) is 14.0. The van der Waals surface area contributed by atoms with Gasteiger partial charge < -0.3 is 14.9 Å². The van der Waals surface area contributed by atoms with E-state index in [1.54, 1.807) is 10.9 Å². The Morgan fingerprint density at radius 2 is 2.06 bits per heavy atom. The van der Waals surface area contributed by atoms with Crippen LogP contribution in [0.1, 0.15) is 51.5 Å². The molecule has 5 heteroatoms. The van der Waals surface area contributed by atoms with Crippen LogP contribution in [-0.4, -0.2) is 33.2 Å². The molecule has 0 aromatic carbocycles. The van der Waals surface area contributed by atoms with Crippen LogP contribution in [0, 0.1) is 0 Å². The fourth-order valence-electron chi connectivity index (χ4n) is 1.84. The number of aliphatic hydroxyl groups excluding tert-OH is 2. The van der Waals surface area contributed by atoms with Crippen LogP contribution in [0.4, 0.5) is 0 Å². The van der Waals surface area contributed by atoms with E-state index in [1.165, 1.54) is 7.11 Å². The summed E-state index contributed by atoms with van der Waals surface area (Å²) < 4.78 is 6.85. The molecular formula is C12H22N2O3. The van der Waals surface area contributed by atoms with Crippen molar-refractivity contribution in [3.8, 4) is 5.75 Å². The Balaban J connectivity index is 3.04. The zero-order chi connectivity index (χ0) is 13.0. The molecule has 98 valence electrons. The molecule has 17 heavy (non-hydrogen) atoms. The highest BCUT2D eigenvalue weighted by molar-refractivity contribution is 5.28. The van der Waals surface area contributed by atoms with Crippen LogP contribution in [0.5, 0.6) is 5.75 Å². The van der Waals surface area contributed by atoms with Crippen LogP contribution in [-0.2, 0) is 0 Å². The molecule has 0 saturated heterocycles. The Morgan fingerprint density at radius 3 is 2.53 bits per heavy atom. The number of aromatic nitrogens is 2. The predicted molar refractivity (Wildman–Crippen MR) is 65.0 cm³/mol. The predicted octanol–water partition coefficient (Wildman–Crippen LogP) is 1.67. The third kappa shape index (κ3) is 2.98. The van der Waals surface area contributed by atoms with Crippen molar-refractivity contribution in [2.45, 2.75) is 51.9 Å². The van der Waals surface area contributed by atoms with Crippen molar-refractivity contribution in [1.82, 2.24) is 9.78 Å². The zero-order valence-corrected chi connectivity index (χ0v) is 10.9. The maximum atomic E-state index is 10.2. The standard InChI is InChI=1S/C12H22N2O3/c1-5-6-9(15)12(16)11-10(17-4)7-13-14(11)8(2)3/h7-9,12,15-16H,5-6H2,1-4H3. The first-order valence-electron chi connectivity index (χ1n) is 6.00. The second-order valence-corrected chi connectivity index (χ2v) is 4.44. The van der Waals surface area contributed by atoms with Gasteiger partial charge in [-0.25, -0.2) is 0 Å². The van der Waals surface area contributed by atoms with Crippen LogP contribution < -0.4 is 4.74 Å². The van der Waals surface area contributed by atoms with E-state index in [9.17, 15) is 10.2 Å². The number of hydrogen-bond donors (Lipinski definition) is 2. The zero-order valence-electron chi connectivity index (χ0n) is 10.9. The van der Waals surface area contributed by atoms with E-state index in [0.717, 1.165) is 6.42 Å². The van der Waals surface area contributed by atoms with Gasteiger partial charge in [0.25, 0.3) is 0 Å². The molecule has 1 heterocycles. The summed E-state index contributed by atoms with van der Waals surface area (Å²) in [6, 6.07) is 0.109. The molecule has 0 aliphatic rings. The summed E-state index contributed by atoms with van der Waals surface area (Å²) >= 11 is 0. The molecule has 0 spiro atoms. The van der Waals surface area contributed by atoms with Gasteiger partial charge >= 0.3 is 0 Å². The fourth-order valence-corrected chi connectivity index (χ4v) is 1.84. The molecular weight excluding hydrogens is 220 g/mol. The van der Waals surface area contributed by atoms with Crippen molar-refractivity contribution in [1.29, 1.82) is 0 Å². The van der Waals surface area contributed by atoms with Crippen LogP contribution in [0.15, 0.2) is 6.20 Å². The Bertz CT molecular complexity index is 350. The van der Waals surface area contributed by atoms with Gasteiger partial charge in [-0.1, -0.05) is 13.3 Å². The van der Waals surface area contributed by atoms with E-state index < -0.39 is 12.2 Å². The number of ether oxygens (including phenoxy) is 1. The lowest BCUT2D eigenvalue weighted by atomic mass is 10.1. The molecule has 0 radical (unpaired) electrons. The van der Waals surface area contributed by atoms with Crippen LogP contribution >= 0.6 is 0 Å². The number of aliphatic hydroxyl groups is 2. The SMILES string of the molecule is CCCC(O)C(O)c1c(OC)cnn1C(C)C. The average Bonchev–Trinajstić information content (AvgIpc) is 2.71. The summed E-state index contributed by atoms with van der Waals surface area (Å²) in [4.78, 5) is 0. The van der Waals surface area contributed by atoms with Crippen molar-refractivity contribution in [2.24, 2.45) is 0 Å². The highest BCUT2D eigenvalue weighted by Crippen LogP contribution is 2.30. The van der Waals surface area contributed by atoms with Gasteiger partial charge in [0.15, 0.2) is 5.75 Å². The normalized spacial score (nSPS) is 15.0. The monoisotopic (exact) mass is 242 g/mol. The summed E-state index contributed by atoms with van der Waals surface area (Å²) in [5.74, 6) is 0.515. The van der Waals surface area contributed by atoms with Crippen LogP contribution in [0.3, 0.4) is 0 Å².